The molecule has 2 aromatic carbocycles. The third-order valence-corrected chi connectivity index (χ3v) is 5.84. The van der Waals surface area contributed by atoms with E-state index in [0.29, 0.717) is 17.9 Å². The molecule has 0 bridgehead atoms. The highest BCUT2D eigenvalue weighted by molar-refractivity contribution is 7.85. The summed E-state index contributed by atoms with van der Waals surface area (Å²) < 4.78 is 35.7. The van der Waals surface area contributed by atoms with Crippen molar-refractivity contribution in [3.8, 4) is 17.9 Å². The summed E-state index contributed by atoms with van der Waals surface area (Å²) >= 11 is 0. The summed E-state index contributed by atoms with van der Waals surface area (Å²) in [5, 5.41) is 18.8. The maximum Gasteiger partial charge on any atom is 0.264 e. The fraction of sp³-hybridized carbons (Fsp3) is 0.200. The molecule has 0 saturated heterocycles. The molecule has 0 fully saturated rings. The molecule has 1 aliphatic heterocycles. The summed E-state index contributed by atoms with van der Waals surface area (Å²) in [4.78, 5) is 2.12. The third-order valence-electron chi connectivity index (χ3n) is 5.04. The van der Waals surface area contributed by atoms with E-state index in [0.717, 1.165) is 22.5 Å². The molecule has 0 radical (unpaired) electrons. The average Bonchev–Trinajstić information content (AvgIpc) is 2.81. The lowest BCUT2D eigenvalue weighted by molar-refractivity contribution is 0.316. The van der Waals surface area contributed by atoms with Crippen molar-refractivity contribution in [3.63, 3.8) is 0 Å². The number of nitrogens with zero attached hydrogens (tertiary/aromatic N) is 3. The zero-order valence-corrected chi connectivity index (χ0v) is 18.9. The predicted octanol–water partition coefficient (Wildman–Crippen LogP) is 4.58. The second kappa shape index (κ2) is 10.6. The number of allylic oxidation sites excluding steroid dienone is 4. The van der Waals surface area contributed by atoms with Crippen LogP contribution in [-0.2, 0) is 10.1 Å². The number of hydrogen-bond acceptors (Lipinski definition) is 6. The molecule has 0 aromatic heterocycles. The van der Waals surface area contributed by atoms with E-state index < -0.39 is 10.1 Å². The standard InChI is InChI=1S/C25H23N3O4S/c1-2-28-21(16-24(20(17-26)18-27)23-6-3-4-7-25(23)28)11-8-19-9-12-22(13-10-19)32-14-5-15-33(29,30)31/h3-4,6-13,16H,2,5,14-15H2,1H3,(H,29,30,31)/b11-8+. The Bertz CT molecular complexity index is 1280. The highest BCUT2D eigenvalue weighted by atomic mass is 32.2. The molecule has 1 aliphatic rings. The van der Waals surface area contributed by atoms with Crippen LogP contribution >= 0.6 is 0 Å². The lowest BCUT2D eigenvalue weighted by Crippen LogP contribution is -2.25. The van der Waals surface area contributed by atoms with Crippen molar-refractivity contribution < 1.29 is 17.7 Å². The van der Waals surface area contributed by atoms with Crippen molar-refractivity contribution in [1.29, 1.82) is 10.5 Å². The smallest absolute Gasteiger partial charge is 0.264 e. The quantitative estimate of drug-likeness (QED) is 0.348. The van der Waals surface area contributed by atoms with Crippen LogP contribution in [0.3, 0.4) is 0 Å². The van der Waals surface area contributed by atoms with Gasteiger partial charge in [-0.3, -0.25) is 4.55 Å². The van der Waals surface area contributed by atoms with Crippen LogP contribution in [0.1, 0.15) is 24.5 Å². The van der Waals surface area contributed by atoms with E-state index in [1.165, 1.54) is 0 Å². The summed E-state index contributed by atoms with van der Waals surface area (Å²) in [7, 11) is -3.98. The Kier molecular flexibility index (Phi) is 7.68. The largest absolute Gasteiger partial charge is 0.494 e. The van der Waals surface area contributed by atoms with Gasteiger partial charge < -0.3 is 9.64 Å². The van der Waals surface area contributed by atoms with Crippen molar-refractivity contribution in [2.24, 2.45) is 0 Å². The van der Waals surface area contributed by atoms with Gasteiger partial charge in [-0.25, -0.2) is 0 Å². The van der Waals surface area contributed by atoms with E-state index in [-0.39, 0.29) is 24.4 Å². The Balaban J connectivity index is 1.80. The molecule has 0 amide bonds. The molecule has 0 atom stereocenters. The minimum atomic E-state index is -3.98. The van der Waals surface area contributed by atoms with Gasteiger partial charge in [-0.1, -0.05) is 36.4 Å². The summed E-state index contributed by atoms with van der Waals surface area (Å²) in [6.07, 6.45) is 5.93. The first-order valence-corrected chi connectivity index (χ1v) is 12.0. The maximum absolute atomic E-state index is 10.7. The Morgan fingerprint density at radius 1 is 1.09 bits per heavy atom. The second-order valence-electron chi connectivity index (χ2n) is 7.23. The minimum absolute atomic E-state index is 0.0691. The van der Waals surface area contributed by atoms with Gasteiger partial charge in [-0.05, 0) is 49.3 Å². The molecule has 1 heterocycles. The highest BCUT2D eigenvalue weighted by Crippen LogP contribution is 2.37. The van der Waals surface area contributed by atoms with Crippen molar-refractivity contribution in [1.82, 2.24) is 0 Å². The lowest BCUT2D eigenvalue weighted by Gasteiger charge is -2.31. The lowest BCUT2D eigenvalue weighted by atomic mass is 9.93. The SMILES string of the molecule is CCN1C(/C=C/c2ccc(OCCCS(=O)(=O)O)cc2)=CC(=C(C#N)C#N)c2ccccc21. The van der Waals surface area contributed by atoms with E-state index in [2.05, 4.69) is 4.90 Å². The van der Waals surface area contributed by atoms with E-state index in [9.17, 15) is 18.9 Å². The molecule has 0 aliphatic carbocycles. The molecule has 0 unspecified atom stereocenters. The molecule has 1 N–H and O–H groups in total. The molecule has 0 saturated carbocycles. The monoisotopic (exact) mass is 461 g/mol. The van der Waals surface area contributed by atoms with Crippen LogP contribution in [0, 0.1) is 22.7 Å². The van der Waals surface area contributed by atoms with Gasteiger partial charge in [0.05, 0.1) is 12.4 Å². The summed E-state index contributed by atoms with van der Waals surface area (Å²) in [6, 6.07) is 19.0. The Labute approximate surface area is 193 Å². The zero-order chi connectivity index (χ0) is 23.8. The number of hydrogen-bond donors (Lipinski definition) is 1. The molecule has 8 heteroatoms. The Morgan fingerprint density at radius 3 is 2.42 bits per heavy atom. The summed E-state index contributed by atoms with van der Waals surface area (Å²) in [6.45, 7) is 2.93. The first-order chi connectivity index (χ1) is 15.9. The average molecular weight is 462 g/mol. The topological polar surface area (TPSA) is 114 Å². The second-order valence-corrected chi connectivity index (χ2v) is 8.81. The third kappa shape index (κ3) is 6.11. The van der Waals surface area contributed by atoms with Crippen molar-refractivity contribution in [2.45, 2.75) is 13.3 Å². The maximum atomic E-state index is 10.7. The summed E-state index contributed by atoms with van der Waals surface area (Å²) in [5.74, 6) is 0.261. The van der Waals surface area contributed by atoms with Gasteiger partial charge in [0.2, 0.25) is 0 Å². The normalized spacial score (nSPS) is 13.2. The van der Waals surface area contributed by atoms with Gasteiger partial charge in [-0.2, -0.15) is 18.9 Å². The fourth-order valence-corrected chi connectivity index (χ4v) is 3.99. The molecular formula is C25H23N3O4S. The molecule has 7 nitrogen and oxygen atoms in total. The van der Waals surface area contributed by atoms with Gasteiger partial charge in [0.25, 0.3) is 10.1 Å². The van der Waals surface area contributed by atoms with Crippen LogP contribution in [-0.4, -0.2) is 31.9 Å². The van der Waals surface area contributed by atoms with Crippen LogP contribution in [0.25, 0.3) is 11.6 Å². The van der Waals surface area contributed by atoms with E-state index >= 15 is 0 Å². The molecule has 33 heavy (non-hydrogen) atoms. The van der Waals surface area contributed by atoms with E-state index in [1.54, 1.807) is 12.1 Å². The number of benzene rings is 2. The minimum Gasteiger partial charge on any atom is -0.494 e. The van der Waals surface area contributed by atoms with Crippen molar-refractivity contribution in [2.75, 3.05) is 23.8 Å². The first kappa shape index (κ1) is 23.8. The number of ether oxygens (including phenoxy) is 1. The number of likely N-dealkylation sites (N-methyl/N-ethyl adjacent to an activating group) is 1. The molecule has 2 aromatic rings. The highest BCUT2D eigenvalue weighted by Gasteiger charge is 2.22. The Hall–Kier alpha value is -3.85. The number of fused-ring (bicyclic) bond motifs is 1. The molecule has 0 spiro atoms. The van der Waals surface area contributed by atoms with E-state index in [4.69, 9.17) is 9.29 Å². The number of para-hydroxylation sites is 1. The van der Waals surface area contributed by atoms with Crippen LogP contribution in [0.4, 0.5) is 5.69 Å². The van der Waals surface area contributed by atoms with Gasteiger partial charge >= 0.3 is 0 Å². The number of anilines is 1. The fourth-order valence-electron chi connectivity index (χ4n) is 3.51. The zero-order valence-electron chi connectivity index (χ0n) is 18.1. The van der Waals surface area contributed by atoms with Crippen LogP contribution in [0.15, 0.2) is 72.0 Å². The van der Waals surface area contributed by atoms with Crippen LogP contribution in [0.5, 0.6) is 5.75 Å². The molecular weight excluding hydrogens is 438 g/mol. The van der Waals surface area contributed by atoms with Crippen molar-refractivity contribution in [3.05, 3.63) is 83.1 Å². The van der Waals surface area contributed by atoms with Crippen LogP contribution in [0.2, 0.25) is 0 Å². The predicted molar refractivity (Wildman–Crippen MR) is 128 cm³/mol. The Morgan fingerprint density at radius 2 is 1.79 bits per heavy atom. The van der Waals surface area contributed by atoms with Gasteiger partial charge in [0, 0.05) is 29.1 Å². The van der Waals surface area contributed by atoms with Crippen LogP contribution < -0.4 is 9.64 Å². The number of rotatable bonds is 8. The molecule has 3 rings (SSSR count). The first-order valence-electron chi connectivity index (χ1n) is 10.4. The van der Waals surface area contributed by atoms with Gasteiger partial charge in [0.1, 0.15) is 23.5 Å². The van der Waals surface area contributed by atoms with Crippen molar-refractivity contribution >= 4 is 27.5 Å². The van der Waals surface area contributed by atoms with E-state index in [1.807, 2.05) is 73.7 Å². The number of nitriles is 2. The summed E-state index contributed by atoms with van der Waals surface area (Å²) in [5.41, 5.74) is 4.24. The van der Waals surface area contributed by atoms with Gasteiger partial charge in [-0.15, -0.1) is 0 Å². The van der Waals surface area contributed by atoms with Gasteiger partial charge in [0.15, 0.2) is 0 Å². The molecule has 168 valence electrons.